The average molecular weight is 233 g/mol. The molecule has 1 N–H and O–H groups in total. The van der Waals surface area contributed by atoms with E-state index in [1.807, 2.05) is 6.20 Å². The van der Waals surface area contributed by atoms with E-state index in [1.165, 1.54) is 16.2 Å². The van der Waals surface area contributed by atoms with Gasteiger partial charge in [-0.05, 0) is 18.9 Å². The first-order valence-corrected chi connectivity index (χ1v) is 5.91. The van der Waals surface area contributed by atoms with E-state index in [1.54, 1.807) is 0 Å². The van der Waals surface area contributed by atoms with Gasteiger partial charge in [0.05, 0.1) is 0 Å². The molecule has 14 heavy (non-hydrogen) atoms. The third-order valence-electron chi connectivity index (χ3n) is 2.53. The highest BCUT2D eigenvalue weighted by atomic mass is 35.5. The van der Waals surface area contributed by atoms with E-state index in [-0.39, 0.29) is 0 Å². The number of thiazole rings is 1. The smallest absolute Gasteiger partial charge is 0.183 e. The van der Waals surface area contributed by atoms with Crippen molar-refractivity contribution in [3.63, 3.8) is 0 Å². The Bertz CT molecular complexity index is 305. The summed E-state index contributed by atoms with van der Waals surface area (Å²) in [7, 11) is 0. The van der Waals surface area contributed by atoms with Crippen LogP contribution in [0.4, 0.5) is 0 Å². The Hall–Kier alpha value is -0.160. The number of hydrogen-bond donors (Lipinski definition) is 1. The molecule has 1 aromatic rings. The van der Waals surface area contributed by atoms with Gasteiger partial charge in [-0.3, -0.25) is 4.90 Å². The number of hydrogen-bond acceptors (Lipinski definition) is 4. The van der Waals surface area contributed by atoms with Gasteiger partial charge in [-0.15, -0.1) is 11.3 Å². The highest BCUT2D eigenvalue weighted by Gasteiger charge is 2.21. The minimum Gasteiger partial charge on any atom is -0.396 e. The zero-order valence-electron chi connectivity index (χ0n) is 7.82. The summed E-state index contributed by atoms with van der Waals surface area (Å²) in [6.07, 6.45) is 2.93. The molecule has 2 rings (SSSR count). The third-order valence-corrected chi connectivity index (χ3v) is 3.63. The number of likely N-dealkylation sites (tertiary alicyclic amines) is 1. The van der Waals surface area contributed by atoms with Crippen molar-refractivity contribution in [3.8, 4) is 0 Å². The SMILES string of the molecule is OCC1CCN(Cc2cnc(Cl)s2)C1. The lowest BCUT2D eigenvalue weighted by Crippen LogP contribution is -2.20. The van der Waals surface area contributed by atoms with Crippen LogP contribution in [0.3, 0.4) is 0 Å². The van der Waals surface area contributed by atoms with Gasteiger partial charge in [-0.1, -0.05) is 11.6 Å². The van der Waals surface area contributed by atoms with E-state index in [4.69, 9.17) is 16.7 Å². The van der Waals surface area contributed by atoms with Gasteiger partial charge in [0.1, 0.15) is 0 Å². The fraction of sp³-hybridized carbons (Fsp3) is 0.667. The number of aromatic nitrogens is 1. The summed E-state index contributed by atoms with van der Waals surface area (Å²) < 4.78 is 0.609. The van der Waals surface area contributed by atoms with Crippen molar-refractivity contribution in [2.45, 2.75) is 13.0 Å². The van der Waals surface area contributed by atoms with Crippen LogP contribution in [-0.4, -0.2) is 34.7 Å². The topological polar surface area (TPSA) is 36.4 Å². The van der Waals surface area contributed by atoms with Crippen LogP contribution < -0.4 is 0 Å². The number of aliphatic hydroxyl groups is 1. The van der Waals surface area contributed by atoms with Gasteiger partial charge >= 0.3 is 0 Å². The predicted molar refractivity (Wildman–Crippen MR) is 57.6 cm³/mol. The monoisotopic (exact) mass is 232 g/mol. The van der Waals surface area contributed by atoms with Crippen molar-refractivity contribution in [2.24, 2.45) is 5.92 Å². The van der Waals surface area contributed by atoms with E-state index in [0.717, 1.165) is 26.1 Å². The maximum atomic E-state index is 9.00. The third kappa shape index (κ3) is 2.45. The van der Waals surface area contributed by atoms with Crippen LogP contribution in [0.5, 0.6) is 0 Å². The zero-order chi connectivity index (χ0) is 9.97. The molecule has 0 radical (unpaired) electrons. The maximum Gasteiger partial charge on any atom is 0.183 e. The minimum absolute atomic E-state index is 0.306. The van der Waals surface area contributed by atoms with Gasteiger partial charge in [0.15, 0.2) is 4.47 Å². The van der Waals surface area contributed by atoms with Crippen LogP contribution in [0.15, 0.2) is 6.20 Å². The van der Waals surface area contributed by atoms with Gasteiger partial charge in [-0.2, -0.15) is 0 Å². The molecule has 78 valence electrons. The summed E-state index contributed by atoms with van der Waals surface area (Å²) >= 11 is 7.28. The van der Waals surface area contributed by atoms with Crippen molar-refractivity contribution in [3.05, 3.63) is 15.5 Å². The van der Waals surface area contributed by atoms with Gasteiger partial charge in [-0.25, -0.2) is 4.98 Å². The highest BCUT2D eigenvalue weighted by molar-refractivity contribution is 7.15. The van der Waals surface area contributed by atoms with Gasteiger partial charge < -0.3 is 5.11 Å². The Kier molecular flexibility index (Phi) is 3.38. The molecule has 1 saturated heterocycles. The Labute approximate surface area is 92.3 Å². The minimum atomic E-state index is 0.306. The summed E-state index contributed by atoms with van der Waals surface area (Å²) in [6, 6.07) is 0. The summed E-state index contributed by atoms with van der Waals surface area (Å²) in [5.74, 6) is 0.457. The second-order valence-electron chi connectivity index (χ2n) is 3.65. The Morgan fingerprint density at radius 1 is 1.71 bits per heavy atom. The molecule has 1 fully saturated rings. The van der Waals surface area contributed by atoms with Crippen LogP contribution in [0.1, 0.15) is 11.3 Å². The van der Waals surface area contributed by atoms with Crippen molar-refractivity contribution >= 4 is 22.9 Å². The predicted octanol–water partition coefficient (Wildman–Crippen LogP) is 1.61. The fourth-order valence-corrected chi connectivity index (χ4v) is 2.80. The number of aliphatic hydroxyl groups excluding tert-OH is 1. The Balaban J connectivity index is 1.87. The van der Waals surface area contributed by atoms with E-state index in [0.29, 0.717) is 17.0 Å². The molecule has 1 aromatic heterocycles. The molecule has 3 nitrogen and oxygen atoms in total. The van der Waals surface area contributed by atoms with Crippen molar-refractivity contribution in [2.75, 3.05) is 19.7 Å². The summed E-state index contributed by atoms with van der Waals surface area (Å²) in [6.45, 7) is 3.29. The Morgan fingerprint density at radius 2 is 2.57 bits per heavy atom. The number of rotatable bonds is 3. The lowest BCUT2D eigenvalue weighted by Gasteiger charge is -2.13. The van der Waals surface area contributed by atoms with E-state index < -0.39 is 0 Å². The van der Waals surface area contributed by atoms with Crippen molar-refractivity contribution in [1.29, 1.82) is 0 Å². The first-order chi connectivity index (χ1) is 6.78. The summed E-state index contributed by atoms with van der Waals surface area (Å²) in [5.41, 5.74) is 0. The second kappa shape index (κ2) is 4.57. The number of halogens is 1. The first-order valence-electron chi connectivity index (χ1n) is 4.71. The molecule has 2 heterocycles. The molecule has 0 bridgehead atoms. The molecule has 0 aliphatic carbocycles. The quantitative estimate of drug-likeness (QED) is 0.860. The first kappa shape index (κ1) is 10.4. The van der Waals surface area contributed by atoms with Crippen molar-refractivity contribution in [1.82, 2.24) is 9.88 Å². The van der Waals surface area contributed by atoms with E-state index in [2.05, 4.69) is 9.88 Å². The highest BCUT2D eigenvalue weighted by Crippen LogP contribution is 2.22. The molecule has 1 unspecified atom stereocenters. The average Bonchev–Trinajstić information content (AvgIpc) is 2.76. The van der Waals surface area contributed by atoms with Crippen molar-refractivity contribution < 1.29 is 5.11 Å². The van der Waals surface area contributed by atoms with Gasteiger partial charge in [0.25, 0.3) is 0 Å². The molecule has 0 aromatic carbocycles. The maximum absolute atomic E-state index is 9.00. The van der Waals surface area contributed by atoms with Gasteiger partial charge in [0.2, 0.25) is 0 Å². The Morgan fingerprint density at radius 3 is 3.14 bits per heavy atom. The lowest BCUT2D eigenvalue weighted by atomic mass is 10.1. The zero-order valence-corrected chi connectivity index (χ0v) is 9.39. The molecular weight excluding hydrogens is 220 g/mol. The van der Waals surface area contributed by atoms with Crippen LogP contribution in [0, 0.1) is 5.92 Å². The number of nitrogens with zero attached hydrogens (tertiary/aromatic N) is 2. The van der Waals surface area contributed by atoms with Gasteiger partial charge in [0, 0.05) is 30.8 Å². The van der Waals surface area contributed by atoms with Crippen LogP contribution in [0.25, 0.3) is 0 Å². The molecule has 1 atom stereocenters. The largest absolute Gasteiger partial charge is 0.396 e. The molecule has 1 aliphatic rings. The molecule has 0 amide bonds. The lowest BCUT2D eigenvalue weighted by molar-refractivity contribution is 0.220. The van der Waals surface area contributed by atoms with Crippen LogP contribution in [-0.2, 0) is 6.54 Å². The molecule has 5 heteroatoms. The fourth-order valence-electron chi connectivity index (χ4n) is 1.78. The molecule has 0 saturated carbocycles. The second-order valence-corrected chi connectivity index (χ2v) is 5.35. The molecular formula is C9H13ClN2OS. The molecule has 1 aliphatic heterocycles. The molecule has 0 spiro atoms. The van der Waals surface area contributed by atoms with Crippen LogP contribution >= 0.6 is 22.9 Å². The normalized spacial score (nSPS) is 23.1. The van der Waals surface area contributed by atoms with E-state index in [9.17, 15) is 0 Å². The van der Waals surface area contributed by atoms with E-state index >= 15 is 0 Å². The van der Waals surface area contributed by atoms with Crippen LogP contribution in [0.2, 0.25) is 4.47 Å². The summed E-state index contributed by atoms with van der Waals surface area (Å²) in [4.78, 5) is 7.55. The standard InChI is InChI=1S/C9H13ClN2OS/c10-9-11-3-8(14-9)5-12-2-1-7(4-12)6-13/h3,7,13H,1-2,4-6H2. The summed E-state index contributed by atoms with van der Waals surface area (Å²) in [5, 5.41) is 9.00.